The van der Waals surface area contributed by atoms with Crippen molar-refractivity contribution in [1.82, 2.24) is 19.7 Å². The molecule has 9 nitrogen and oxygen atoms in total. The molecule has 0 unspecified atom stereocenters. The first-order chi connectivity index (χ1) is 13.4. The second-order valence-electron chi connectivity index (χ2n) is 6.08. The minimum Gasteiger partial charge on any atom is -0.274 e. The van der Waals surface area contributed by atoms with Gasteiger partial charge in [-0.1, -0.05) is 5.21 Å². The Morgan fingerprint density at radius 2 is 1.75 bits per heavy atom. The van der Waals surface area contributed by atoms with Gasteiger partial charge >= 0.3 is 0 Å². The summed E-state index contributed by atoms with van der Waals surface area (Å²) in [6.07, 6.45) is 2.00. The van der Waals surface area contributed by atoms with Gasteiger partial charge in [0, 0.05) is 18.2 Å². The van der Waals surface area contributed by atoms with Gasteiger partial charge in [-0.15, -0.1) is 5.10 Å². The van der Waals surface area contributed by atoms with E-state index in [2.05, 4.69) is 15.0 Å². The molecular weight excluding hydrogens is 402 g/mol. The van der Waals surface area contributed by atoms with E-state index >= 15 is 0 Å². The highest BCUT2D eigenvalue weighted by atomic mass is 32.2. The predicted octanol–water partition coefficient (Wildman–Crippen LogP) is 1.46. The van der Waals surface area contributed by atoms with Crippen LogP contribution in [0.5, 0.6) is 0 Å². The minimum absolute atomic E-state index is 0.0165. The number of nitrogens with zero attached hydrogens (tertiary/aromatic N) is 4. The molecule has 1 saturated heterocycles. The average molecular weight is 417 g/mol. The Kier molecular flexibility index (Phi) is 4.79. The fourth-order valence-electron chi connectivity index (χ4n) is 2.78. The van der Waals surface area contributed by atoms with Gasteiger partial charge in [0.2, 0.25) is 21.8 Å². The van der Waals surface area contributed by atoms with Crippen molar-refractivity contribution in [2.45, 2.75) is 24.3 Å². The van der Waals surface area contributed by atoms with E-state index in [-0.39, 0.29) is 36.1 Å². The van der Waals surface area contributed by atoms with Crippen LogP contribution >= 0.6 is 11.3 Å². The van der Waals surface area contributed by atoms with Crippen LogP contribution in [-0.4, -0.2) is 35.2 Å². The second-order valence-corrected chi connectivity index (χ2v) is 8.62. The van der Waals surface area contributed by atoms with E-state index in [1.54, 1.807) is 10.9 Å². The van der Waals surface area contributed by atoms with E-state index in [4.69, 9.17) is 0 Å². The molecule has 2 amide bonds. The molecule has 0 saturated carbocycles. The zero-order chi connectivity index (χ0) is 19.7. The third-order valence-electron chi connectivity index (χ3n) is 4.21. The smallest absolute Gasteiger partial charge is 0.240 e. The van der Waals surface area contributed by atoms with Gasteiger partial charge in [-0.3, -0.25) is 14.5 Å². The van der Waals surface area contributed by atoms with E-state index in [0.717, 1.165) is 10.6 Å². The van der Waals surface area contributed by atoms with Crippen molar-refractivity contribution in [1.29, 1.82) is 0 Å². The highest BCUT2D eigenvalue weighted by molar-refractivity contribution is 7.89. The normalized spacial score (nSPS) is 14.8. The quantitative estimate of drug-likeness (QED) is 0.608. The van der Waals surface area contributed by atoms with Crippen molar-refractivity contribution >= 4 is 38.9 Å². The molecule has 11 heteroatoms. The van der Waals surface area contributed by atoms with Crippen molar-refractivity contribution in [2.75, 3.05) is 4.90 Å². The van der Waals surface area contributed by atoms with Gasteiger partial charge in [-0.05, 0) is 35.7 Å². The Balaban J connectivity index is 1.45. The third-order valence-corrected chi connectivity index (χ3v) is 6.30. The van der Waals surface area contributed by atoms with Crippen LogP contribution in [0.2, 0.25) is 0 Å². The predicted molar refractivity (Wildman–Crippen MR) is 101 cm³/mol. The SMILES string of the molecule is O=C1CCC(=O)N1c1ccc(S(=O)(=O)NCc2cn(-c3ccsc3)nn2)cc1. The maximum absolute atomic E-state index is 12.5. The summed E-state index contributed by atoms with van der Waals surface area (Å²) >= 11 is 1.52. The van der Waals surface area contributed by atoms with E-state index < -0.39 is 10.0 Å². The first kappa shape index (κ1) is 18.5. The molecule has 3 aromatic rings. The Hall–Kier alpha value is -2.89. The molecule has 0 aliphatic carbocycles. The zero-order valence-electron chi connectivity index (χ0n) is 14.5. The number of rotatable bonds is 6. The standard InChI is InChI=1S/C17H15N5O4S2/c23-16-5-6-17(24)22(16)13-1-3-15(4-2-13)28(25,26)18-9-12-10-21(20-19-12)14-7-8-27-11-14/h1-4,7-8,10-11,18H,5-6,9H2. The topological polar surface area (TPSA) is 114 Å². The number of hydrogen-bond acceptors (Lipinski definition) is 7. The summed E-state index contributed by atoms with van der Waals surface area (Å²) in [5.41, 5.74) is 1.69. The van der Waals surface area contributed by atoms with Crippen molar-refractivity contribution in [3.8, 4) is 5.69 Å². The molecule has 1 aliphatic heterocycles. The van der Waals surface area contributed by atoms with Crippen LogP contribution in [0.1, 0.15) is 18.5 Å². The molecule has 1 aliphatic rings. The van der Waals surface area contributed by atoms with Gasteiger partial charge < -0.3 is 0 Å². The summed E-state index contributed by atoms with van der Waals surface area (Å²) in [5.74, 6) is -0.570. The lowest BCUT2D eigenvalue weighted by atomic mass is 10.3. The average Bonchev–Trinajstić information content (AvgIpc) is 3.42. The van der Waals surface area contributed by atoms with Gasteiger partial charge in [0.05, 0.1) is 34.7 Å². The maximum Gasteiger partial charge on any atom is 0.240 e. The molecule has 4 rings (SSSR count). The first-order valence-electron chi connectivity index (χ1n) is 8.33. The summed E-state index contributed by atoms with van der Waals surface area (Å²) in [4.78, 5) is 24.7. The van der Waals surface area contributed by atoms with Gasteiger partial charge in [0.15, 0.2) is 0 Å². The first-order valence-corrected chi connectivity index (χ1v) is 10.8. The van der Waals surface area contributed by atoms with Crippen molar-refractivity contribution in [3.05, 3.63) is 53.0 Å². The molecule has 0 spiro atoms. The molecule has 0 radical (unpaired) electrons. The number of thiophene rings is 1. The van der Waals surface area contributed by atoms with E-state index in [9.17, 15) is 18.0 Å². The summed E-state index contributed by atoms with van der Waals surface area (Å²) in [6, 6.07) is 7.49. The molecule has 2 aromatic heterocycles. The molecule has 144 valence electrons. The van der Waals surface area contributed by atoms with Gasteiger partial charge in [0.25, 0.3) is 0 Å². The summed E-state index contributed by atoms with van der Waals surface area (Å²) in [6.45, 7) is -0.0165. The van der Waals surface area contributed by atoms with Crippen LogP contribution in [0, 0.1) is 0 Å². The van der Waals surface area contributed by atoms with Crippen molar-refractivity contribution < 1.29 is 18.0 Å². The molecule has 3 heterocycles. The van der Waals surface area contributed by atoms with Crippen LogP contribution < -0.4 is 9.62 Å². The highest BCUT2D eigenvalue weighted by Gasteiger charge is 2.30. The van der Waals surface area contributed by atoms with Crippen molar-refractivity contribution in [3.63, 3.8) is 0 Å². The number of sulfonamides is 1. The number of imide groups is 1. The molecular formula is C17H15N5O4S2. The van der Waals surface area contributed by atoms with E-state index in [0.29, 0.717) is 11.4 Å². The van der Waals surface area contributed by atoms with E-state index in [1.807, 2.05) is 16.8 Å². The van der Waals surface area contributed by atoms with Gasteiger partial charge in [-0.25, -0.2) is 17.8 Å². The van der Waals surface area contributed by atoms with Crippen LogP contribution in [-0.2, 0) is 26.2 Å². The number of benzene rings is 1. The summed E-state index contributed by atoms with van der Waals surface area (Å²) < 4.78 is 29.0. The second kappa shape index (κ2) is 7.26. The van der Waals surface area contributed by atoms with Gasteiger partial charge in [-0.2, -0.15) is 11.3 Å². The number of hydrogen-bond donors (Lipinski definition) is 1. The molecule has 0 atom stereocenters. The lowest BCUT2D eigenvalue weighted by Crippen LogP contribution is -2.28. The van der Waals surface area contributed by atoms with Gasteiger partial charge in [0.1, 0.15) is 0 Å². The number of anilines is 1. The van der Waals surface area contributed by atoms with Crippen LogP contribution in [0.4, 0.5) is 5.69 Å². The number of amides is 2. The Labute approximate surface area is 164 Å². The number of aromatic nitrogens is 3. The molecule has 28 heavy (non-hydrogen) atoms. The number of nitrogens with one attached hydrogen (secondary N) is 1. The monoisotopic (exact) mass is 417 g/mol. The maximum atomic E-state index is 12.5. The number of carbonyl (C=O) groups is 2. The highest BCUT2D eigenvalue weighted by Crippen LogP contribution is 2.24. The molecule has 1 N–H and O–H groups in total. The molecule has 1 aromatic carbocycles. The van der Waals surface area contributed by atoms with Crippen LogP contribution in [0.3, 0.4) is 0 Å². The Bertz CT molecular complexity index is 1100. The van der Waals surface area contributed by atoms with Crippen LogP contribution in [0.25, 0.3) is 5.69 Å². The largest absolute Gasteiger partial charge is 0.274 e. The minimum atomic E-state index is -3.78. The lowest BCUT2D eigenvalue weighted by Gasteiger charge is -2.14. The number of carbonyl (C=O) groups excluding carboxylic acids is 2. The summed E-state index contributed by atoms with van der Waals surface area (Å²) in [7, 11) is -3.78. The van der Waals surface area contributed by atoms with Crippen molar-refractivity contribution in [2.24, 2.45) is 0 Å². The van der Waals surface area contributed by atoms with Crippen LogP contribution in [0.15, 0.2) is 52.2 Å². The molecule has 0 bridgehead atoms. The zero-order valence-corrected chi connectivity index (χ0v) is 16.1. The third kappa shape index (κ3) is 3.59. The summed E-state index contributed by atoms with van der Waals surface area (Å²) in [5, 5.41) is 11.7. The van der Waals surface area contributed by atoms with E-state index in [1.165, 1.54) is 35.6 Å². The lowest BCUT2D eigenvalue weighted by molar-refractivity contribution is -0.121. The fourth-order valence-corrected chi connectivity index (χ4v) is 4.41. The Morgan fingerprint density at radius 3 is 2.39 bits per heavy atom. The fraction of sp³-hybridized carbons (Fsp3) is 0.176. The molecule has 1 fully saturated rings. The Morgan fingerprint density at radius 1 is 1.04 bits per heavy atom.